The molecule has 0 saturated carbocycles. The normalized spacial score (nSPS) is 14.9. The van der Waals surface area contributed by atoms with Crippen LogP contribution in [0, 0.1) is 0 Å². The topological polar surface area (TPSA) is 110 Å². The molecule has 0 amide bonds. The van der Waals surface area contributed by atoms with E-state index in [2.05, 4.69) is 0 Å². The van der Waals surface area contributed by atoms with E-state index >= 15 is 0 Å². The molecular formula is C22H38O9S. The van der Waals surface area contributed by atoms with Gasteiger partial charge in [-0.3, -0.25) is 4.55 Å². The number of hydrogen-bond acceptors (Lipinski definition) is 8. The van der Waals surface area contributed by atoms with Gasteiger partial charge < -0.3 is 28.4 Å². The minimum Gasteiger partial charge on any atom is -0.379 e. The maximum atomic E-state index is 10.7. The van der Waals surface area contributed by atoms with Crippen molar-refractivity contribution in [3.63, 3.8) is 0 Å². The van der Waals surface area contributed by atoms with E-state index in [1.807, 2.05) is 51.1 Å². The summed E-state index contributed by atoms with van der Waals surface area (Å²) in [6.07, 6.45) is -0.188. The molecule has 0 spiro atoms. The predicted octanol–water partition coefficient (Wildman–Crippen LogP) is 2.69. The highest BCUT2D eigenvalue weighted by molar-refractivity contribution is 7.85. The monoisotopic (exact) mass is 478 g/mol. The lowest BCUT2D eigenvalue weighted by atomic mass is 10.1. The van der Waals surface area contributed by atoms with Crippen LogP contribution >= 0.6 is 0 Å². The lowest BCUT2D eigenvalue weighted by Crippen LogP contribution is -2.42. The Morgan fingerprint density at radius 2 is 1.47 bits per heavy atom. The molecule has 32 heavy (non-hydrogen) atoms. The molecule has 0 fully saturated rings. The maximum Gasteiger partial charge on any atom is 0.289 e. The van der Waals surface area contributed by atoms with Crippen LogP contribution in [0.25, 0.3) is 0 Å². The van der Waals surface area contributed by atoms with Crippen LogP contribution in [-0.2, 0) is 45.1 Å². The zero-order valence-electron chi connectivity index (χ0n) is 19.3. The third-order valence-corrected chi connectivity index (χ3v) is 4.95. The Morgan fingerprint density at radius 3 is 2.12 bits per heavy atom. The van der Waals surface area contributed by atoms with Crippen molar-refractivity contribution < 1.29 is 41.4 Å². The van der Waals surface area contributed by atoms with Gasteiger partial charge in [-0.15, -0.1) is 0 Å². The molecule has 0 aliphatic carbocycles. The van der Waals surface area contributed by atoms with E-state index in [1.165, 1.54) is 0 Å². The molecule has 0 radical (unpaired) electrons. The van der Waals surface area contributed by atoms with Gasteiger partial charge in [0, 0.05) is 6.61 Å². The molecule has 1 aromatic rings. The molecule has 10 heteroatoms. The fourth-order valence-electron chi connectivity index (χ4n) is 2.95. The summed E-state index contributed by atoms with van der Waals surface area (Å²) in [4.78, 5) is 0. The summed E-state index contributed by atoms with van der Waals surface area (Å²) in [6, 6.07) is 9.90. The second-order valence-corrected chi connectivity index (χ2v) is 8.47. The third-order valence-electron chi connectivity index (χ3n) is 4.49. The third kappa shape index (κ3) is 14.1. The van der Waals surface area contributed by atoms with Gasteiger partial charge in [0.05, 0.1) is 58.5 Å². The quantitative estimate of drug-likeness (QED) is 0.223. The van der Waals surface area contributed by atoms with Crippen LogP contribution < -0.4 is 0 Å². The van der Waals surface area contributed by atoms with Crippen LogP contribution in [0.4, 0.5) is 0 Å². The van der Waals surface area contributed by atoms with Gasteiger partial charge in [-0.05, 0) is 25.8 Å². The summed E-state index contributed by atoms with van der Waals surface area (Å²) in [5.41, 5.74) is 1.09. The van der Waals surface area contributed by atoms with Crippen LogP contribution in [0.1, 0.15) is 32.8 Å². The molecule has 0 aliphatic heterocycles. The molecule has 9 nitrogen and oxygen atoms in total. The van der Waals surface area contributed by atoms with E-state index in [1.54, 1.807) is 0 Å². The van der Waals surface area contributed by atoms with Gasteiger partial charge >= 0.3 is 0 Å². The summed E-state index contributed by atoms with van der Waals surface area (Å²) in [6.45, 7) is 8.85. The summed E-state index contributed by atoms with van der Waals surface area (Å²) < 4.78 is 63.8. The van der Waals surface area contributed by atoms with Gasteiger partial charge in [0.25, 0.3) is 10.1 Å². The fourth-order valence-corrected chi connectivity index (χ4v) is 3.28. The minimum absolute atomic E-state index is 0.0268. The fraction of sp³-hybridized carbons (Fsp3) is 0.727. The molecular weight excluding hydrogens is 440 g/mol. The highest BCUT2D eigenvalue weighted by atomic mass is 32.2. The molecule has 0 aromatic heterocycles. The SMILES string of the molecule is CCOCCOC(CC)C(OCCOCc1ccccc1)C(C)OCCOCS(=O)(=O)O. The van der Waals surface area contributed by atoms with Gasteiger partial charge in [-0.25, -0.2) is 0 Å². The molecule has 3 unspecified atom stereocenters. The zero-order chi connectivity index (χ0) is 23.7. The van der Waals surface area contributed by atoms with Crippen molar-refractivity contribution in [2.24, 2.45) is 0 Å². The molecule has 0 aliphatic rings. The van der Waals surface area contributed by atoms with Crippen molar-refractivity contribution in [2.45, 2.75) is 52.1 Å². The molecule has 0 bridgehead atoms. The minimum atomic E-state index is -4.16. The summed E-state index contributed by atoms with van der Waals surface area (Å²) in [5.74, 6) is -0.762. The summed E-state index contributed by atoms with van der Waals surface area (Å²) in [7, 11) is -4.16. The molecule has 186 valence electrons. The number of ether oxygens (including phenoxy) is 6. The van der Waals surface area contributed by atoms with Gasteiger partial charge in [-0.1, -0.05) is 37.3 Å². The van der Waals surface area contributed by atoms with Gasteiger partial charge in [-0.2, -0.15) is 8.42 Å². The first kappa shape index (κ1) is 28.9. The van der Waals surface area contributed by atoms with Crippen LogP contribution in [0.5, 0.6) is 0 Å². The van der Waals surface area contributed by atoms with Crippen molar-refractivity contribution in [1.29, 1.82) is 0 Å². The molecule has 1 rings (SSSR count). The van der Waals surface area contributed by atoms with Crippen LogP contribution in [0.2, 0.25) is 0 Å². The average molecular weight is 479 g/mol. The Balaban J connectivity index is 2.49. The highest BCUT2D eigenvalue weighted by Gasteiger charge is 2.28. The van der Waals surface area contributed by atoms with E-state index in [9.17, 15) is 8.42 Å². The Bertz CT molecular complexity index is 669. The Labute approximate surface area is 192 Å². The number of rotatable bonds is 20. The second kappa shape index (κ2) is 17.4. The molecule has 1 N–H and O–H groups in total. The van der Waals surface area contributed by atoms with Crippen LogP contribution in [0.3, 0.4) is 0 Å². The zero-order valence-corrected chi connectivity index (χ0v) is 20.1. The second-order valence-electron chi connectivity index (χ2n) is 7.07. The lowest BCUT2D eigenvalue weighted by Gasteiger charge is -2.31. The van der Waals surface area contributed by atoms with Gasteiger partial charge in [0.2, 0.25) is 0 Å². The van der Waals surface area contributed by atoms with E-state index in [4.69, 9.17) is 33.0 Å². The predicted molar refractivity (Wildman–Crippen MR) is 120 cm³/mol. The first-order valence-electron chi connectivity index (χ1n) is 10.9. The summed E-state index contributed by atoms with van der Waals surface area (Å²) in [5, 5.41) is 0. The molecule has 0 saturated heterocycles. The first-order valence-corrected chi connectivity index (χ1v) is 12.5. The summed E-state index contributed by atoms with van der Waals surface area (Å²) >= 11 is 0. The van der Waals surface area contributed by atoms with Crippen molar-refractivity contribution in [3.05, 3.63) is 35.9 Å². The molecule has 0 heterocycles. The Kier molecular flexibility index (Phi) is 15.7. The van der Waals surface area contributed by atoms with Gasteiger partial charge in [0.1, 0.15) is 6.10 Å². The van der Waals surface area contributed by atoms with Crippen molar-refractivity contribution in [1.82, 2.24) is 0 Å². The first-order chi connectivity index (χ1) is 15.4. The average Bonchev–Trinajstić information content (AvgIpc) is 2.76. The van der Waals surface area contributed by atoms with Crippen LogP contribution in [0.15, 0.2) is 30.3 Å². The number of benzene rings is 1. The van der Waals surface area contributed by atoms with Crippen molar-refractivity contribution >= 4 is 10.1 Å². The Hall–Kier alpha value is -1.11. The highest BCUT2D eigenvalue weighted by Crippen LogP contribution is 2.16. The lowest BCUT2D eigenvalue weighted by molar-refractivity contribution is -0.148. The molecule has 3 atom stereocenters. The molecule has 1 aromatic carbocycles. The van der Waals surface area contributed by atoms with Crippen molar-refractivity contribution in [2.75, 3.05) is 52.2 Å². The standard InChI is InChI=1S/C22H38O9S/c1-4-21(30-15-11-26-5-2)22(19(3)29-14-13-28-18-32(23,24)25)31-16-12-27-17-20-9-7-6-8-10-20/h6-10,19,21-22H,4-5,11-18H2,1-3H3,(H,23,24,25). The van der Waals surface area contributed by atoms with E-state index in [0.717, 1.165) is 5.56 Å². The maximum absolute atomic E-state index is 10.7. The largest absolute Gasteiger partial charge is 0.379 e. The van der Waals surface area contributed by atoms with E-state index in [0.29, 0.717) is 46.1 Å². The Morgan fingerprint density at radius 1 is 0.844 bits per heavy atom. The van der Waals surface area contributed by atoms with Crippen LogP contribution in [-0.4, -0.2) is 83.5 Å². The van der Waals surface area contributed by atoms with Gasteiger partial charge in [0.15, 0.2) is 5.94 Å². The van der Waals surface area contributed by atoms with E-state index < -0.39 is 16.1 Å². The van der Waals surface area contributed by atoms with Crippen molar-refractivity contribution in [3.8, 4) is 0 Å². The number of hydrogen-bond donors (Lipinski definition) is 1. The van der Waals surface area contributed by atoms with E-state index in [-0.39, 0.29) is 31.5 Å². The smallest absolute Gasteiger partial charge is 0.289 e.